The quantitative estimate of drug-likeness (QED) is 0.145. The van der Waals surface area contributed by atoms with Crippen molar-refractivity contribution in [1.29, 1.82) is 0 Å². The number of phenolic OH excluding ortho intramolecular Hbond substituents is 1. The molecule has 0 radical (unpaired) electrons. The number of carboxylic acid groups (broad SMARTS) is 1. The minimum atomic E-state index is -1.14. The molecule has 0 aliphatic heterocycles. The van der Waals surface area contributed by atoms with Crippen LogP contribution in [0.5, 0.6) is 11.5 Å². The Bertz CT molecular complexity index is 1550. The van der Waals surface area contributed by atoms with E-state index in [-0.39, 0.29) is 42.2 Å². The largest absolute Gasteiger partial charge is 0.508 e. The molecule has 0 bridgehead atoms. The predicted molar refractivity (Wildman–Crippen MR) is 164 cm³/mol. The van der Waals surface area contributed by atoms with Crippen LogP contribution in [-0.4, -0.2) is 40.1 Å². The van der Waals surface area contributed by atoms with Gasteiger partial charge in [-0.15, -0.1) is 0 Å². The highest BCUT2D eigenvalue weighted by Gasteiger charge is 2.22. The molecule has 2 amide bonds. The Morgan fingerprint density at radius 1 is 0.860 bits per heavy atom. The summed E-state index contributed by atoms with van der Waals surface area (Å²) < 4.78 is 6.00. The van der Waals surface area contributed by atoms with Crippen LogP contribution in [0.2, 0.25) is 5.02 Å². The van der Waals surface area contributed by atoms with Gasteiger partial charge in [0.25, 0.3) is 5.91 Å². The van der Waals surface area contributed by atoms with E-state index in [0.29, 0.717) is 11.4 Å². The fourth-order valence-electron chi connectivity index (χ4n) is 4.29. The number of benzene rings is 4. The molecule has 9 nitrogen and oxygen atoms in total. The van der Waals surface area contributed by atoms with Gasteiger partial charge < -0.3 is 31.3 Å². The highest BCUT2D eigenvalue weighted by atomic mass is 35.5. The number of hydrogen-bond donors (Lipinski definition) is 5. The number of hydrogen-bond acceptors (Lipinski definition) is 6. The average molecular weight is 602 g/mol. The maximum absolute atomic E-state index is 13.1. The molecule has 4 aromatic rings. The molecular weight excluding hydrogens is 570 g/mol. The van der Waals surface area contributed by atoms with Gasteiger partial charge in [0.2, 0.25) is 5.91 Å². The number of aryl methyl sites for hydroxylation is 1. The summed E-state index contributed by atoms with van der Waals surface area (Å²) in [6, 6.07) is 25.2. The van der Waals surface area contributed by atoms with Crippen LogP contribution in [0, 0.1) is 0 Å². The molecule has 0 fully saturated rings. The van der Waals surface area contributed by atoms with Gasteiger partial charge in [-0.3, -0.25) is 9.59 Å². The van der Waals surface area contributed by atoms with Crippen molar-refractivity contribution in [2.45, 2.75) is 38.0 Å². The van der Waals surface area contributed by atoms with Crippen LogP contribution in [0.15, 0.2) is 97.1 Å². The van der Waals surface area contributed by atoms with Crippen molar-refractivity contribution in [2.24, 2.45) is 5.73 Å². The number of amides is 2. The first-order valence-electron chi connectivity index (χ1n) is 13.6. The molecule has 0 heterocycles. The number of carbonyl (C=O) groups is 3. The van der Waals surface area contributed by atoms with Crippen LogP contribution in [0.4, 0.5) is 5.69 Å². The van der Waals surface area contributed by atoms with E-state index in [0.717, 1.165) is 16.7 Å². The van der Waals surface area contributed by atoms with Gasteiger partial charge in [-0.05, 0) is 78.4 Å². The average Bonchev–Trinajstić information content (AvgIpc) is 3.00. The molecule has 43 heavy (non-hydrogen) atoms. The molecule has 0 aliphatic rings. The van der Waals surface area contributed by atoms with Crippen molar-refractivity contribution in [2.75, 3.05) is 5.32 Å². The van der Waals surface area contributed by atoms with Gasteiger partial charge in [-0.25, -0.2) is 4.79 Å². The van der Waals surface area contributed by atoms with E-state index in [2.05, 4.69) is 10.6 Å². The first-order valence-corrected chi connectivity index (χ1v) is 14.0. The highest BCUT2D eigenvalue weighted by Crippen LogP contribution is 2.28. The van der Waals surface area contributed by atoms with Crippen LogP contribution in [0.25, 0.3) is 0 Å². The first kappa shape index (κ1) is 31.1. The Kier molecular flexibility index (Phi) is 10.7. The third-order valence-electron chi connectivity index (χ3n) is 6.71. The molecule has 4 aromatic carbocycles. The number of carbonyl (C=O) groups excluding carboxylic acids is 2. The molecule has 0 unspecified atom stereocenters. The van der Waals surface area contributed by atoms with E-state index in [9.17, 15) is 24.6 Å². The van der Waals surface area contributed by atoms with Gasteiger partial charge in [0.1, 0.15) is 24.1 Å². The van der Waals surface area contributed by atoms with Gasteiger partial charge in [0.15, 0.2) is 0 Å². The second-order valence-electron chi connectivity index (χ2n) is 9.98. The monoisotopic (exact) mass is 601 g/mol. The minimum Gasteiger partial charge on any atom is -0.508 e. The fraction of sp³-hybridized carbons (Fsp3) is 0.182. The number of nitrogens with two attached hydrogens (primary N) is 1. The van der Waals surface area contributed by atoms with E-state index >= 15 is 0 Å². The summed E-state index contributed by atoms with van der Waals surface area (Å²) in [6.45, 7) is 0.111. The van der Waals surface area contributed by atoms with Crippen LogP contribution in [0.1, 0.15) is 33.5 Å². The summed E-state index contributed by atoms with van der Waals surface area (Å²) in [5.74, 6) is -1.91. The summed E-state index contributed by atoms with van der Waals surface area (Å²) in [5, 5.41) is 25.1. The molecule has 6 N–H and O–H groups in total. The summed E-state index contributed by atoms with van der Waals surface area (Å²) in [7, 11) is 0. The number of phenols is 1. The van der Waals surface area contributed by atoms with Crippen molar-refractivity contribution in [1.82, 2.24) is 5.32 Å². The molecule has 222 valence electrons. The van der Waals surface area contributed by atoms with Crippen LogP contribution in [0.3, 0.4) is 0 Å². The molecule has 0 aromatic heterocycles. The zero-order valence-electron chi connectivity index (χ0n) is 23.2. The lowest BCUT2D eigenvalue weighted by Crippen LogP contribution is -2.41. The smallest absolute Gasteiger partial charge is 0.326 e. The second kappa shape index (κ2) is 14.9. The predicted octanol–water partition coefficient (Wildman–Crippen LogP) is 4.95. The minimum absolute atomic E-state index is 0.110. The van der Waals surface area contributed by atoms with Crippen LogP contribution < -0.4 is 21.1 Å². The van der Waals surface area contributed by atoms with Gasteiger partial charge in [-0.2, -0.15) is 0 Å². The van der Waals surface area contributed by atoms with Crippen LogP contribution in [-0.2, 0) is 29.0 Å². The number of ether oxygens (including phenoxy) is 1. The maximum atomic E-state index is 13.1. The lowest BCUT2D eigenvalue weighted by molar-refractivity contribution is -0.139. The van der Waals surface area contributed by atoms with Crippen molar-refractivity contribution >= 4 is 35.1 Å². The standard InChI is InChI=1S/C33H32ClN3O6/c34-25-12-6-23(7-13-25)20-43-30-19-24(31(39)37-29(33(41)42)16-10-21-4-2-1-3-5-21)11-17-28(30)36-32(40)27(35)18-22-8-14-26(38)15-9-22/h1-9,11-15,17,19,27,29,38H,10,16,18,20,35H2,(H,36,40)(H,37,39)(H,41,42)/t27-,29-/m0/s1. The molecule has 0 saturated carbocycles. The Morgan fingerprint density at radius 3 is 2.21 bits per heavy atom. The molecule has 0 aliphatic carbocycles. The molecule has 10 heteroatoms. The number of nitrogens with one attached hydrogen (secondary N) is 2. The molecule has 4 rings (SSSR count). The molecule has 0 spiro atoms. The normalized spacial score (nSPS) is 12.1. The van der Waals surface area contributed by atoms with Gasteiger partial charge >= 0.3 is 5.97 Å². The SMILES string of the molecule is N[C@@H](Cc1ccc(O)cc1)C(=O)Nc1ccc(C(=O)N[C@@H](CCc2ccccc2)C(=O)O)cc1OCc1ccc(Cl)cc1. The molecule has 2 atom stereocenters. The highest BCUT2D eigenvalue weighted by molar-refractivity contribution is 6.30. The summed E-state index contributed by atoms with van der Waals surface area (Å²) in [6.07, 6.45) is 0.911. The van der Waals surface area contributed by atoms with Crippen molar-refractivity contribution in [3.63, 3.8) is 0 Å². The third-order valence-corrected chi connectivity index (χ3v) is 6.96. The number of rotatable bonds is 13. The van der Waals surface area contributed by atoms with E-state index < -0.39 is 29.9 Å². The molecule has 0 saturated heterocycles. The Morgan fingerprint density at radius 2 is 1.53 bits per heavy atom. The number of aliphatic carboxylic acids is 1. The lowest BCUT2D eigenvalue weighted by atomic mass is 10.0. The summed E-state index contributed by atoms with van der Waals surface area (Å²) in [4.78, 5) is 38.0. The zero-order chi connectivity index (χ0) is 30.8. The van der Waals surface area contributed by atoms with Crippen molar-refractivity contribution in [3.8, 4) is 11.5 Å². The fourth-order valence-corrected chi connectivity index (χ4v) is 4.41. The van der Waals surface area contributed by atoms with Crippen LogP contribution >= 0.6 is 11.6 Å². The van der Waals surface area contributed by atoms with Gasteiger partial charge in [-0.1, -0.05) is 66.2 Å². The lowest BCUT2D eigenvalue weighted by Gasteiger charge is -2.18. The topological polar surface area (TPSA) is 151 Å². The van der Waals surface area contributed by atoms with Crippen molar-refractivity contribution < 1.29 is 29.3 Å². The van der Waals surface area contributed by atoms with E-state index in [4.69, 9.17) is 22.1 Å². The number of anilines is 1. The third kappa shape index (κ3) is 9.32. The summed E-state index contributed by atoms with van der Waals surface area (Å²) >= 11 is 5.98. The Labute approximate surface area is 254 Å². The maximum Gasteiger partial charge on any atom is 0.326 e. The number of carboxylic acids is 1. The Hall–Kier alpha value is -4.86. The van der Waals surface area contributed by atoms with Crippen molar-refractivity contribution in [3.05, 3.63) is 124 Å². The van der Waals surface area contributed by atoms with E-state index in [1.807, 2.05) is 30.3 Å². The number of aromatic hydroxyl groups is 1. The second-order valence-corrected chi connectivity index (χ2v) is 10.4. The van der Waals surface area contributed by atoms with E-state index in [1.165, 1.54) is 30.3 Å². The first-order chi connectivity index (χ1) is 20.7. The van der Waals surface area contributed by atoms with Gasteiger partial charge in [0, 0.05) is 10.6 Å². The molecular formula is C33H32ClN3O6. The number of halogens is 1. The van der Waals surface area contributed by atoms with Gasteiger partial charge in [0.05, 0.1) is 11.7 Å². The Balaban J connectivity index is 1.50. The van der Waals surface area contributed by atoms with E-state index in [1.54, 1.807) is 36.4 Å². The zero-order valence-corrected chi connectivity index (χ0v) is 24.0. The summed E-state index contributed by atoms with van der Waals surface area (Å²) in [5.41, 5.74) is 9.12.